The molecule has 0 saturated heterocycles. The van der Waals surface area contributed by atoms with Crippen LogP contribution in [0.3, 0.4) is 0 Å². The number of carbonyl (C=O) groups excluding carboxylic acids is 1. The van der Waals surface area contributed by atoms with Crippen molar-refractivity contribution in [3.05, 3.63) is 54.5 Å². The van der Waals surface area contributed by atoms with E-state index in [0.717, 1.165) is 4.90 Å². The van der Waals surface area contributed by atoms with E-state index in [1.165, 1.54) is 23.9 Å². The van der Waals surface area contributed by atoms with Crippen LogP contribution in [0, 0.1) is 5.95 Å². The first-order valence-electron chi connectivity index (χ1n) is 5.34. The minimum Gasteiger partial charge on any atom is -0.310 e. The molecule has 0 aliphatic heterocycles. The number of halogens is 1. The fourth-order valence-electron chi connectivity index (χ4n) is 1.32. The zero-order valence-corrected chi connectivity index (χ0v) is 10.3. The largest absolute Gasteiger partial charge is 0.310 e. The van der Waals surface area contributed by atoms with Crippen LogP contribution in [0.1, 0.15) is 0 Å². The third-order valence-electron chi connectivity index (χ3n) is 2.10. The lowest BCUT2D eigenvalue weighted by Crippen LogP contribution is -2.15. The van der Waals surface area contributed by atoms with Crippen LogP contribution >= 0.6 is 11.8 Å². The summed E-state index contributed by atoms with van der Waals surface area (Å²) in [6.45, 7) is 0. The number of pyridine rings is 1. The smallest absolute Gasteiger partial charge is 0.235 e. The molecule has 0 spiro atoms. The monoisotopic (exact) mass is 262 g/mol. The van der Waals surface area contributed by atoms with Gasteiger partial charge in [0.05, 0.1) is 5.75 Å². The van der Waals surface area contributed by atoms with E-state index in [2.05, 4.69) is 10.3 Å². The second-order valence-electron chi connectivity index (χ2n) is 3.50. The fourth-order valence-corrected chi connectivity index (χ4v) is 2.04. The Morgan fingerprint density at radius 3 is 2.67 bits per heavy atom. The van der Waals surface area contributed by atoms with Gasteiger partial charge in [0.1, 0.15) is 5.82 Å². The predicted octanol–water partition coefficient (Wildman–Crippen LogP) is 2.95. The van der Waals surface area contributed by atoms with Crippen LogP contribution in [0.4, 0.5) is 10.2 Å². The minimum atomic E-state index is -0.608. The molecule has 1 N–H and O–H groups in total. The summed E-state index contributed by atoms with van der Waals surface area (Å²) in [7, 11) is 0. The van der Waals surface area contributed by atoms with Gasteiger partial charge in [-0.25, -0.2) is 4.98 Å². The molecule has 0 atom stereocenters. The molecule has 1 heterocycles. The Kier molecular flexibility index (Phi) is 4.30. The number of anilines is 1. The van der Waals surface area contributed by atoms with Gasteiger partial charge in [0.15, 0.2) is 0 Å². The maximum Gasteiger partial charge on any atom is 0.235 e. The van der Waals surface area contributed by atoms with Crippen molar-refractivity contribution in [2.24, 2.45) is 0 Å². The van der Waals surface area contributed by atoms with E-state index >= 15 is 0 Å². The second-order valence-corrected chi connectivity index (χ2v) is 4.54. The quantitative estimate of drug-likeness (QED) is 0.680. The molecule has 0 aliphatic carbocycles. The lowest BCUT2D eigenvalue weighted by molar-refractivity contribution is -0.113. The van der Waals surface area contributed by atoms with E-state index in [-0.39, 0.29) is 17.5 Å². The van der Waals surface area contributed by atoms with Gasteiger partial charge in [-0.1, -0.05) is 24.3 Å². The van der Waals surface area contributed by atoms with E-state index in [0.29, 0.717) is 0 Å². The van der Waals surface area contributed by atoms with E-state index in [1.807, 2.05) is 30.3 Å². The van der Waals surface area contributed by atoms with Crippen LogP contribution in [-0.2, 0) is 4.79 Å². The third-order valence-corrected chi connectivity index (χ3v) is 3.11. The van der Waals surface area contributed by atoms with Gasteiger partial charge >= 0.3 is 0 Å². The summed E-state index contributed by atoms with van der Waals surface area (Å²) >= 11 is 1.42. The van der Waals surface area contributed by atoms with Gasteiger partial charge in [-0.15, -0.1) is 11.8 Å². The number of amides is 1. The average molecular weight is 262 g/mol. The summed E-state index contributed by atoms with van der Waals surface area (Å²) in [4.78, 5) is 16.2. The maximum atomic E-state index is 12.8. The van der Waals surface area contributed by atoms with Crippen molar-refractivity contribution in [1.29, 1.82) is 0 Å². The van der Waals surface area contributed by atoms with Gasteiger partial charge in [-0.3, -0.25) is 4.79 Å². The van der Waals surface area contributed by atoms with Crippen LogP contribution in [0.2, 0.25) is 0 Å². The Bertz CT molecular complexity index is 534. The lowest BCUT2D eigenvalue weighted by Gasteiger charge is -2.04. The average Bonchev–Trinajstić information content (AvgIpc) is 2.38. The molecular weight excluding hydrogens is 251 g/mol. The summed E-state index contributed by atoms with van der Waals surface area (Å²) in [6, 6.07) is 13.9. The highest BCUT2D eigenvalue weighted by atomic mass is 32.2. The summed E-state index contributed by atoms with van der Waals surface area (Å²) in [5, 5.41) is 2.54. The van der Waals surface area contributed by atoms with Crippen LogP contribution in [0.15, 0.2) is 53.4 Å². The molecule has 0 fully saturated rings. The number of thioether (sulfide) groups is 1. The summed E-state index contributed by atoms with van der Waals surface area (Å²) in [5.74, 6) is -0.318. The van der Waals surface area contributed by atoms with Crippen LogP contribution in [0.25, 0.3) is 0 Å². The molecule has 1 aromatic carbocycles. The van der Waals surface area contributed by atoms with Crippen LogP contribution < -0.4 is 5.32 Å². The van der Waals surface area contributed by atoms with E-state index in [9.17, 15) is 9.18 Å². The Morgan fingerprint density at radius 1 is 1.17 bits per heavy atom. The summed E-state index contributed by atoms with van der Waals surface area (Å²) < 4.78 is 12.8. The molecule has 18 heavy (non-hydrogen) atoms. The number of hydrogen-bond donors (Lipinski definition) is 1. The molecule has 0 unspecified atom stereocenters. The van der Waals surface area contributed by atoms with Crippen molar-refractivity contribution in [3.8, 4) is 0 Å². The summed E-state index contributed by atoms with van der Waals surface area (Å²) in [5.41, 5.74) is 0. The normalized spacial score (nSPS) is 10.1. The third kappa shape index (κ3) is 3.85. The van der Waals surface area contributed by atoms with Crippen molar-refractivity contribution in [2.75, 3.05) is 11.1 Å². The molecule has 3 nitrogen and oxygen atoms in total. The maximum absolute atomic E-state index is 12.8. The number of aromatic nitrogens is 1. The molecule has 0 saturated carbocycles. The Hall–Kier alpha value is -1.88. The molecule has 1 aromatic heterocycles. The van der Waals surface area contributed by atoms with Crippen molar-refractivity contribution in [3.63, 3.8) is 0 Å². The topological polar surface area (TPSA) is 42.0 Å². The first kappa shape index (κ1) is 12.6. The van der Waals surface area contributed by atoms with Crippen molar-refractivity contribution in [2.45, 2.75) is 4.90 Å². The molecule has 0 radical (unpaired) electrons. The minimum absolute atomic E-state index is 0.207. The van der Waals surface area contributed by atoms with E-state index < -0.39 is 5.95 Å². The first-order chi connectivity index (χ1) is 8.74. The number of rotatable bonds is 4. The van der Waals surface area contributed by atoms with Gasteiger partial charge in [-0.2, -0.15) is 4.39 Å². The zero-order valence-electron chi connectivity index (χ0n) is 9.47. The van der Waals surface area contributed by atoms with Crippen molar-refractivity contribution >= 4 is 23.5 Å². The molecular formula is C13H11FN2OS. The molecule has 2 rings (SSSR count). The van der Waals surface area contributed by atoms with Gasteiger partial charge < -0.3 is 5.32 Å². The number of carbonyl (C=O) groups is 1. The van der Waals surface area contributed by atoms with Crippen molar-refractivity contribution in [1.82, 2.24) is 4.98 Å². The van der Waals surface area contributed by atoms with E-state index in [1.54, 1.807) is 6.07 Å². The van der Waals surface area contributed by atoms with Gasteiger partial charge in [0.25, 0.3) is 0 Å². The number of nitrogens with one attached hydrogen (secondary N) is 1. The zero-order chi connectivity index (χ0) is 12.8. The molecule has 1 amide bonds. The highest BCUT2D eigenvalue weighted by molar-refractivity contribution is 8.00. The van der Waals surface area contributed by atoms with Gasteiger partial charge in [0.2, 0.25) is 11.9 Å². The van der Waals surface area contributed by atoms with Crippen molar-refractivity contribution < 1.29 is 9.18 Å². The highest BCUT2D eigenvalue weighted by Gasteiger charge is 2.04. The standard InChI is InChI=1S/C13H11FN2OS/c14-11-7-4-8-12(15-11)16-13(17)9-18-10-5-2-1-3-6-10/h1-8H,9H2,(H,15,16,17). The lowest BCUT2D eigenvalue weighted by atomic mass is 10.4. The van der Waals surface area contributed by atoms with Crippen LogP contribution in [0.5, 0.6) is 0 Å². The predicted molar refractivity (Wildman–Crippen MR) is 70.0 cm³/mol. The SMILES string of the molecule is O=C(CSc1ccccc1)Nc1cccc(F)n1. The number of nitrogens with zero attached hydrogens (tertiary/aromatic N) is 1. The Labute approximate surface area is 108 Å². The fraction of sp³-hybridized carbons (Fsp3) is 0.0769. The van der Waals surface area contributed by atoms with Gasteiger partial charge in [0, 0.05) is 4.90 Å². The van der Waals surface area contributed by atoms with E-state index in [4.69, 9.17) is 0 Å². The molecule has 2 aromatic rings. The Balaban J connectivity index is 1.86. The molecule has 92 valence electrons. The van der Waals surface area contributed by atoms with Gasteiger partial charge in [-0.05, 0) is 24.3 Å². The Morgan fingerprint density at radius 2 is 1.94 bits per heavy atom. The number of hydrogen-bond acceptors (Lipinski definition) is 3. The number of benzene rings is 1. The highest BCUT2D eigenvalue weighted by Crippen LogP contribution is 2.17. The van der Waals surface area contributed by atoms with Crippen LogP contribution in [-0.4, -0.2) is 16.6 Å². The molecule has 5 heteroatoms. The summed E-state index contributed by atoms with van der Waals surface area (Å²) in [6.07, 6.45) is 0. The molecule has 0 aliphatic rings. The second kappa shape index (κ2) is 6.16. The molecule has 0 bridgehead atoms. The first-order valence-corrected chi connectivity index (χ1v) is 6.33.